The third kappa shape index (κ3) is 2.70. The maximum absolute atomic E-state index is 11.4. The molecule has 3 unspecified atom stereocenters. The van der Waals surface area contributed by atoms with E-state index in [1.807, 2.05) is 6.92 Å². The molecular weight excluding hydrogens is 226 g/mol. The molecule has 0 spiro atoms. The first-order valence-corrected chi connectivity index (χ1v) is 6.51. The third-order valence-electron chi connectivity index (χ3n) is 3.80. The van der Waals surface area contributed by atoms with Crippen molar-refractivity contribution in [1.82, 2.24) is 0 Å². The third-order valence-corrected chi connectivity index (χ3v) is 3.80. The van der Waals surface area contributed by atoms with Gasteiger partial charge >= 0.3 is 0 Å². The Balaban J connectivity index is 2.18. The number of nitrogens with zero attached hydrogens (tertiary/aromatic N) is 1. The van der Waals surface area contributed by atoms with E-state index in [0.29, 0.717) is 18.0 Å². The van der Waals surface area contributed by atoms with Crippen LogP contribution in [0, 0.1) is 5.92 Å². The van der Waals surface area contributed by atoms with Crippen LogP contribution in [0.4, 0.5) is 0 Å². The van der Waals surface area contributed by atoms with Crippen molar-refractivity contribution in [2.75, 3.05) is 0 Å². The molecule has 4 nitrogen and oxygen atoms in total. The number of rotatable bonds is 1. The minimum absolute atomic E-state index is 0.120. The van der Waals surface area contributed by atoms with Gasteiger partial charge in [-0.05, 0) is 49.8 Å². The highest BCUT2D eigenvalue weighted by Gasteiger charge is 2.26. The van der Waals surface area contributed by atoms with Crippen molar-refractivity contribution in [2.45, 2.75) is 45.2 Å². The van der Waals surface area contributed by atoms with Gasteiger partial charge in [-0.15, -0.1) is 0 Å². The van der Waals surface area contributed by atoms with Crippen molar-refractivity contribution >= 4 is 11.5 Å². The Morgan fingerprint density at radius 1 is 1.33 bits per heavy atom. The van der Waals surface area contributed by atoms with Gasteiger partial charge in [0.15, 0.2) is 0 Å². The van der Waals surface area contributed by atoms with Gasteiger partial charge in [-0.25, -0.2) is 0 Å². The summed E-state index contributed by atoms with van der Waals surface area (Å²) in [4.78, 5) is 16.2. The number of hydrogen-bond donors (Lipinski definition) is 2. The summed E-state index contributed by atoms with van der Waals surface area (Å²) in [5.74, 6) is 0.367. The zero-order valence-corrected chi connectivity index (χ0v) is 11.0. The van der Waals surface area contributed by atoms with Crippen LogP contribution in [0.3, 0.4) is 0 Å². The fraction of sp³-hybridized carbons (Fsp3) is 0.571. The molecule has 0 heterocycles. The number of hydrogen-bond acceptors (Lipinski definition) is 4. The summed E-state index contributed by atoms with van der Waals surface area (Å²) in [6, 6.07) is 0.599. The Morgan fingerprint density at radius 3 is 2.72 bits per heavy atom. The van der Waals surface area contributed by atoms with Gasteiger partial charge in [-0.3, -0.25) is 9.79 Å². The van der Waals surface area contributed by atoms with Crippen LogP contribution in [0.15, 0.2) is 28.4 Å². The van der Waals surface area contributed by atoms with Gasteiger partial charge in [0.1, 0.15) is 0 Å². The minimum atomic E-state index is -0.120. The first kappa shape index (κ1) is 13.0. The van der Waals surface area contributed by atoms with Gasteiger partial charge in [0.2, 0.25) is 5.78 Å². The van der Waals surface area contributed by atoms with Crippen molar-refractivity contribution in [3.8, 4) is 0 Å². The summed E-state index contributed by atoms with van der Waals surface area (Å²) in [6.45, 7) is 4.09. The highest BCUT2D eigenvalue weighted by Crippen LogP contribution is 2.27. The van der Waals surface area contributed by atoms with Crippen LogP contribution < -0.4 is 11.5 Å². The molecule has 0 aromatic carbocycles. The average Bonchev–Trinajstić information content (AvgIpc) is 2.29. The van der Waals surface area contributed by atoms with E-state index in [-0.39, 0.29) is 11.5 Å². The van der Waals surface area contributed by atoms with Crippen molar-refractivity contribution in [3.05, 3.63) is 23.4 Å². The molecule has 1 saturated carbocycles. The van der Waals surface area contributed by atoms with E-state index >= 15 is 0 Å². The first-order valence-electron chi connectivity index (χ1n) is 6.51. The quantitative estimate of drug-likeness (QED) is 0.685. The molecule has 0 amide bonds. The number of carbonyl (C=O) groups excluding carboxylic acids is 1. The average molecular weight is 247 g/mol. The van der Waals surface area contributed by atoms with E-state index in [9.17, 15) is 4.79 Å². The standard InChI is InChI=1S/C14H21N3O/c1-8-5-10(15)3-4-12(8)17-13-7-11(16)14(18)6-9(13)2/h6-8,10,12H,3-5,15-16H2,1-2H3. The van der Waals surface area contributed by atoms with Gasteiger partial charge in [0.25, 0.3) is 0 Å². The fourth-order valence-corrected chi connectivity index (χ4v) is 2.62. The van der Waals surface area contributed by atoms with E-state index in [1.54, 1.807) is 12.2 Å². The predicted octanol–water partition coefficient (Wildman–Crippen LogP) is 1.31. The Hall–Kier alpha value is -1.42. The molecule has 0 aromatic heterocycles. The number of ketones is 1. The molecular formula is C14H21N3O. The van der Waals surface area contributed by atoms with Crippen LogP contribution in [-0.2, 0) is 4.79 Å². The molecule has 2 aliphatic carbocycles. The lowest BCUT2D eigenvalue weighted by Crippen LogP contribution is -2.34. The number of aliphatic imine (C=N–C) groups is 1. The van der Waals surface area contributed by atoms with Crippen molar-refractivity contribution in [3.63, 3.8) is 0 Å². The second kappa shape index (κ2) is 5.06. The SMILES string of the molecule is CC1=CC(=O)C(N)=CC1=NC1CCC(N)CC1C. The first-order chi connectivity index (χ1) is 8.47. The molecule has 4 N–H and O–H groups in total. The van der Waals surface area contributed by atoms with Crippen LogP contribution in [0.5, 0.6) is 0 Å². The monoisotopic (exact) mass is 247 g/mol. The molecule has 18 heavy (non-hydrogen) atoms. The molecule has 0 aromatic rings. The Morgan fingerprint density at radius 2 is 2.06 bits per heavy atom. The minimum Gasteiger partial charge on any atom is -0.396 e. The van der Waals surface area contributed by atoms with Crippen LogP contribution in [-0.4, -0.2) is 23.6 Å². The van der Waals surface area contributed by atoms with E-state index in [0.717, 1.165) is 30.5 Å². The molecule has 1 fully saturated rings. The molecule has 98 valence electrons. The summed E-state index contributed by atoms with van der Waals surface area (Å²) in [5, 5.41) is 0. The summed E-state index contributed by atoms with van der Waals surface area (Å²) in [5.41, 5.74) is 13.6. The van der Waals surface area contributed by atoms with Gasteiger partial charge in [0.05, 0.1) is 17.5 Å². The lowest BCUT2D eigenvalue weighted by molar-refractivity contribution is -0.111. The normalized spacial score (nSPS) is 35.4. The number of nitrogens with two attached hydrogens (primary N) is 2. The van der Waals surface area contributed by atoms with Crippen LogP contribution in [0.1, 0.15) is 33.1 Å². The van der Waals surface area contributed by atoms with Gasteiger partial charge < -0.3 is 11.5 Å². The molecule has 3 atom stereocenters. The summed E-state index contributed by atoms with van der Waals surface area (Å²) in [7, 11) is 0. The van der Waals surface area contributed by atoms with Crippen LogP contribution >= 0.6 is 0 Å². The van der Waals surface area contributed by atoms with Crippen LogP contribution in [0.25, 0.3) is 0 Å². The molecule has 0 aliphatic heterocycles. The second-order valence-corrected chi connectivity index (χ2v) is 5.42. The van der Waals surface area contributed by atoms with E-state index in [4.69, 9.17) is 16.5 Å². The molecule has 2 aliphatic rings. The molecule has 0 radical (unpaired) electrons. The fourth-order valence-electron chi connectivity index (χ4n) is 2.62. The molecule has 0 bridgehead atoms. The summed E-state index contributed by atoms with van der Waals surface area (Å²) in [6.07, 6.45) is 6.31. The van der Waals surface area contributed by atoms with E-state index in [2.05, 4.69) is 6.92 Å². The van der Waals surface area contributed by atoms with E-state index < -0.39 is 0 Å². The number of allylic oxidation sites excluding steroid dienone is 3. The van der Waals surface area contributed by atoms with Crippen molar-refractivity contribution < 1.29 is 4.79 Å². The lowest BCUT2D eigenvalue weighted by Gasteiger charge is -2.30. The zero-order chi connectivity index (χ0) is 13.3. The Kier molecular flexibility index (Phi) is 3.66. The van der Waals surface area contributed by atoms with Crippen molar-refractivity contribution in [2.24, 2.45) is 22.4 Å². The maximum Gasteiger partial charge on any atom is 0.201 e. The smallest absolute Gasteiger partial charge is 0.201 e. The van der Waals surface area contributed by atoms with Gasteiger partial charge in [-0.1, -0.05) is 6.92 Å². The van der Waals surface area contributed by atoms with Crippen molar-refractivity contribution in [1.29, 1.82) is 0 Å². The lowest BCUT2D eigenvalue weighted by atomic mass is 9.83. The summed E-state index contributed by atoms with van der Waals surface area (Å²) >= 11 is 0. The molecule has 4 heteroatoms. The highest BCUT2D eigenvalue weighted by atomic mass is 16.1. The van der Waals surface area contributed by atoms with Crippen LogP contribution in [0.2, 0.25) is 0 Å². The maximum atomic E-state index is 11.4. The summed E-state index contributed by atoms with van der Waals surface area (Å²) < 4.78 is 0. The molecule has 0 saturated heterocycles. The zero-order valence-electron chi connectivity index (χ0n) is 11.0. The van der Waals surface area contributed by atoms with Gasteiger partial charge in [-0.2, -0.15) is 0 Å². The largest absolute Gasteiger partial charge is 0.396 e. The molecule has 2 rings (SSSR count). The second-order valence-electron chi connectivity index (χ2n) is 5.42. The van der Waals surface area contributed by atoms with Gasteiger partial charge in [0, 0.05) is 6.04 Å². The Labute approximate surface area is 108 Å². The topological polar surface area (TPSA) is 81.5 Å². The predicted molar refractivity (Wildman–Crippen MR) is 73.2 cm³/mol. The Bertz CT molecular complexity index is 448. The number of carbonyl (C=O) groups is 1. The highest BCUT2D eigenvalue weighted by molar-refractivity contribution is 6.21. The van der Waals surface area contributed by atoms with E-state index in [1.165, 1.54) is 0 Å².